The SMILES string of the molecule is COc1ccc(C)cc1NC(=O)[C@H](NC[C@H](C)c1ccccc1)c1ccccc1. The third kappa shape index (κ3) is 5.46. The molecule has 0 aliphatic rings. The lowest BCUT2D eigenvalue weighted by atomic mass is 9.99. The second-order valence-electron chi connectivity index (χ2n) is 7.26. The summed E-state index contributed by atoms with van der Waals surface area (Å²) in [7, 11) is 1.61. The van der Waals surface area contributed by atoms with Gasteiger partial charge in [-0.3, -0.25) is 4.79 Å². The first-order chi connectivity index (χ1) is 14.1. The highest BCUT2D eigenvalue weighted by atomic mass is 16.5. The highest BCUT2D eigenvalue weighted by molar-refractivity contribution is 5.96. The average molecular weight is 389 g/mol. The van der Waals surface area contributed by atoms with Gasteiger partial charge in [-0.1, -0.05) is 73.7 Å². The minimum Gasteiger partial charge on any atom is -0.495 e. The predicted octanol–water partition coefficient (Wildman–Crippen LogP) is 5.08. The summed E-state index contributed by atoms with van der Waals surface area (Å²) in [6.45, 7) is 4.83. The molecule has 0 fully saturated rings. The van der Waals surface area contributed by atoms with Gasteiger partial charge in [0.05, 0.1) is 12.8 Å². The number of ether oxygens (including phenoxy) is 1. The van der Waals surface area contributed by atoms with Crippen molar-refractivity contribution in [3.63, 3.8) is 0 Å². The zero-order valence-corrected chi connectivity index (χ0v) is 17.2. The summed E-state index contributed by atoms with van der Waals surface area (Å²) in [6, 6.07) is 25.4. The van der Waals surface area contributed by atoms with Gasteiger partial charge >= 0.3 is 0 Å². The Bertz CT molecular complexity index is 926. The van der Waals surface area contributed by atoms with E-state index in [0.29, 0.717) is 18.0 Å². The number of benzene rings is 3. The van der Waals surface area contributed by atoms with Crippen LogP contribution in [-0.2, 0) is 4.79 Å². The molecule has 150 valence electrons. The molecular weight excluding hydrogens is 360 g/mol. The fraction of sp³-hybridized carbons (Fsp3) is 0.240. The Morgan fingerprint density at radius 3 is 2.17 bits per heavy atom. The van der Waals surface area contributed by atoms with Crippen LogP contribution < -0.4 is 15.4 Å². The highest BCUT2D eigenvalue weighted by Gasteiger charge is 2.22. The van der Waals surface area contributed by atoms with Crippen molar-refractivity contribution in [3.8, 4) is 5.75 Å². The maximum atomic E-state index is 13.2. The molecule has 3 aromatic rings. The van der Waals surface area contributed by atoms with Crippen molar-refractivity contribution in [2.24, 2.45) is 0 Å². The Balaban J connectivity index is 1.79. The van der Waals surface area contributed by atoms with Gasteiger partial charge in [-0.25, -0.2) is 0 Å². The van der Waals surface area contributed by atoms with Gasteiger partial charge in [-0.15, -0.1) is 0 Å². The highest BCUT2D eigenvalue weighted by Crippen LogP contribution is 2.27. The second-order valence-corrected chi connectivity index (χ2v) is 7.26. The minimum atomic E-state index is -0.465. The van der Waals surface area contributed by atoms with Gasteiger partial charge in [0.15, 0.2) is 0 Å². The summed E-state index contributed by atoms with van der Waals surface area (Å²) in [6.07, 6.45) is 0. The standard InChI is InChI=1S/C25H28N2O2/c1-18-14-15-23(29-3)22(16-18)27-25(28)24(21-12-8-5-9-13-21)26-17-19(2)20-10-6-4-7-11-20/h4-16,19,24,26H,17H2,1-3H3,(H,27,28)/t19-,24+/m0/s1. The van der Waals surface area contributed by atoms with E-state index in [4.69, 9.17) is 4.74 Å². The molecule has 29 heavy (non-hydrogen) atoms. The molecule has 4 nitrogen and oxygen atoms in total. The summed E-state index contributed by atoms with van der Waals surface area (Å²) in [5.74, 6) is 0.817. The maximum Gasteiger partial charge on any atom is 0.246 e. The number of aryl methyl sites for hydroxylation is 1. The van der Waals surface area contributed by atoms with E-state index in [1.165, 1.54) is 5.56 Å². The van der Waals surface area contributed by atoms with E-state index in [-0.39, 0.29) is 11.8 Å². The summed E-state index contributed by atoms with van der Waals surface area (Å²) in [4.78, 5) is 13.2. The molecule has 0 aliphatic heterocycles. The average Bonchev–Trinajstić information content (AvgIpc) is 2.75. The van der Waals surface area contributed by atoms with Gasteiger partial charge in [0.1, 0.15) is 11.8 Å². The van der Waals surface area contributed by atoms with Crippen LogP contribution in [0, 0.1) is 6.92 Å². The number of methoxy groups -OCH3 is 1. The van der Waals surface area contributed by atoms with Crippen LogP contribution in [0.15, 0.2) is 78.9 Å². The molecule has 3 rings (SSSR count). The third-order valence-corrected chi connectivity index (χ3v) is 5.00. The number of hydrogen-bond acceptors (Lipinski definition) is 3. The fourth-order valence-electron chi connectivity index (χ4n) is 3.33. The summed E-state index contributed by atoms with van der Waals surface area (Å²) < 4.78 is 5.41. The van der Waals surface area contributed by atoms with Crippen LogP contribution in [-0.4, -0.2) is 19.6 Å². The molecule has 2 atom stereocenters. The third-order valence-electron chi connectivity index (χ3n) is 5.00. The van der Waals surface area contributed by atoms with Crippen molar-refractivity contribution < 1.29 is 9.53 Å². The van der Waals surface area contributed by atoms with Crippen molar-refractivity contribution >= 4 is 11.6 Å². The van der Waals surface area contributed by atoms with Crippen LogP contribution in [0.3, 0.4) is 0 Å². The Hall–Kier alpha value is -3.11. The zero-order chi connectivity index (χ0) is 20.6. The number of rotatable bonds is 8. The van der Waals surface area contributed by atoms with E-state index in [1.54, 1.807) is 7.11 Å². The number of anilines is 1. The van der Waals surface area contributed by atoms with Gasteiger partial charge in [0, 0.05) is 6.54 Å². The first-order valence-corrected chi connectivity index (χ1v) is 9.87. The van der Waals surface area contributed by atoms with Crippen LogP contribution in [0.4, 0.5) is 5.69 Å². The van der Waals surface area contributed by atoms with E-state index in [0.717, 1.165) is 11.1 Å². The van der Waals surface area contributed by atoms with E-state index < -0.39 is 6.04 Å². The molecule has 0 radical (unpaired) electrons. The van der Waals surface area contributed by atoms with Gasteiger partial charge in [-0.2, -0.15) is 0 Å². The van der Waals surface area contributed by atoms with Crippen molar-refractivity contribution in [3.05, 3.63) is 95.6 Å². The van der Waals surface area contributed by atoms with Crippen LogP contribution in [0.2, 0.25) is 0 Å². The fourth-order valence-corrected chi connectivity index (χ4v) is 3.33. The largest absolute Gasteiger partial charge is 0.495 e. The summed E-state index contributed by atoms with van der Waals surface area (Å²) in [5.41, 5.74) is 3.91. The Morgan fingerprint density at radius 1 is 0.931 bits per heavy atom. The van der Waals surface area contributed by atoms with Crippen molar-refractivity contribution in [1.82, 2.24) is 5.32 Å². The zero-order valence-electron chi connectivity index (χ0n) is 17.2. The lowest BCUT2D eigenvalue weighted by Crippen LogP contribution is -2.35. The number of carbonyl (C=O) groups is 1. The van der Waals surface area contributed by atoms with E-state index >= 15 is 0 Å². The lowest BCUT2D eigenvalue weighted by molar-refractivity contribution is -0.118. The molecule has 0 bridgehead atoms. The summed E-state index contributed by atoms with van der Waals surface area (Å²) in [5, 5.41) is 6.49. The lowest BCUT2D eigenvalue weighted by Gasteiger charge is -2.22. The van der Waals surface area contributed by atoms with Crippen molar-refractivity contribution in [2.45, 2.75) is 25.8 Å². The topological polar surface area (TPSA) is 50.4 Å². The molecule has 1 amide bonds. The quantitative estimate of drug-likeness (QED) is 0.566. The molecule has 0 unspecified atom stereocenters. The van der Waals surface area contributed by atoms with Gasteiger partial charge in [0.2, 0.25) is 5.91 Å². The number of hydrogen-bond donors (Lipinski definition) is 2. The van der Waals surface area contributed by atoms with Crippen LogP contribution in [0.1, 0.15) is 35.6 Å². The van der Waals surface area contributed by atoms with Crippen LogP contribution in [0.5, 0.6) is 5.75 Å². The van der Waals surface area contributed by atoms with Gasteiger partial charge < -0.3 is 15.4 Å². The molecule has 0 aromatic heterocycles. The molecule has 3 aromatic carbocycles. The monoisotopic (exact) mass is 388 g/mol. The predicted molar refractivity (Wildman–Crippen MR) is 118 cm³/mol. The molecule has 0 spiro atoms. The maximum absolute atomic E-state index is 13.2. The summed E-state index contributed by atoms with van der Waals surface area (Å²) >= 11 is 0. The first kappa shape index (κ1) is 20.6. The Labute approximate surface area is 172 Å². The minimum absolute atomic E-state index is 0.111. The molecule has 2 N–H and O–H groups in total. The number of amides is 1. The second kappa shape index (κ2) is 9.89. The molecule has 0 saturated carbocycles. The molecule has 4 heteroatoms. The van der Waals surface area contributed by atoms with Crippen molar-refractivity contribution in [2.75, 3.05) is 19.0 Å². The van der Waals surface area contributed by atoms with E-state index in [1.807, 2.05) is 73.7 Å². The molecule has 0 heterocycles. The van der Waals surface area contributed by atoms with Gasteiger partial charge in [0.25, 0.3) is 0 Å². The van der Waals surface area contributed by atoms with Crippen LogP contribution >= 0.6 is 0 Å². The van der Waals surface area contributed by atoms with E-state index in [2.05, 4.69) is 29.7 Å². The van der Waals surface area contributed by atoms with E-state index in [9.17, 15) is 4.79 Å². The van der Waals surface area contributed by atoms with Crippen LogP contribution in [0.25, 0.3) is 0 Å². The number of nitrogens with one attached hydrogen (secondary N) is 2. The normalized spacial score (nSPS) is 12.8. The molecule has 0 aliphatic carbocycles. The smallest absolute Gasteiger partial charge is 0.246 e. The van der Waals surface area contributed by atoms with Gasteiger partial charge in [-0.05, 0) is 41.7 Å². The first-order valence-electron chi connectivity index (χ1n) is 9.87. The molecule has 0 saturated heterocycles. The number of carbonyl (C=O) groups excluding carboxylic acids is 1. The Morgan fingerprint density at radius 2 is 1.55 bits per heavy atom. The molecular formula is C25H28N2O2. The Kier molecular flexibility index (Phi) is 7.04. The van der Waals surface area contributed by atoms with Crippen molar-refractivity contribution in [1.29, 1.82) is 0 Å².